The second-order valence-corrected chi connectivity index (χ2v) is 3.48. The van der Waals surface area contributed by atoms with Crippen LogP contribution in [-0.4, -0.2) is 24.6 Å². The molecular formula is C8H13N3OS. The normalized spacial score (nSPS) is 9.69. The molecule has 13 heavy (non-hydrogen) atoms. The molecule has 0 aliphatic rings. The highest BCUT2D eigenvalue weighted by Crippen LogP contribution is 2.14. The Morgan fingerprint density at radius 3 is 3.08 bits per heavy atom. The minimum absolute atomic E-state index is 0.100. The number of anilines is 1. The molecule has 0 atom stereocenters. The van der Waals surface area contributed by atoms with Crippen LogP contribution in [0.15, 0.2) is 11.6 Å². The van der Waals surface area contributed by atoms with Gasteiger partial charge < -0.3 is 5.32 Å². The third-order valence-corrected chi connectivity index (χ3v) is 2.38. The number of nitrogens with zero attached hydrogens (tertiary/aromatic N) is 2. The van der Waals surface area contributed by atoms with E-state index < -0.39 is 0 Å². The van der Waals surface area contributed by atoms with Gasteiger partial charge in [-0.2, -0.15) is 0 Å². The Morgan fingerprint density at radius 2 is 2.54 bits per heavy atom. The molecule has 0 aromatic carbocycles. The van der Waals surface area contributed by atoms with Crippen molar-refractivity contribution in [1.29, 1.82) is 0 Å². The Bertz CT molecular complexity index is 260. The summed E-state index contributed by atoms with van der Waals surface area (Å²) in [4.78, 5) is 16.9. The van der Waals surface area contributed by atoms with Gasteiger partial charge in [0.05, 0.1) is 0 Å². The fourth-order valence-corrected chi connectivity index (χ4v) is 1.43. The monoisotopic (exact) mass is 199 g/mol. The van der Waals surface area contributed by atoms with Crippen LogP contribution in [-0.2, 0) is 0 Å². The molecule has 0 aliphatic heterocycles. The van der Waals surface area contributed by atoms with Crippen LogP contribution in [0.2, 0.25) is 0 Å². The average molecular weight is 199 g/mol. The summed E-state index contributed by atoms with van der Waals surface area (Å²) in [5.74, 6) is 0. The third kappa shape index (κ3) is 2.69. The molecule has 0 bridgehead atoms. The van der Waals surface area contributed by atoms with Crippen LogP contribution in [0.5, 0.6) is 0 Å². The van der Waals surface area contributed by atoms with Gasteiger partial charge in [0, 0.05) is 25.2 Å². The molecule has 2 amide bonds. The number of hydrogen-bond donors (Lipinski definition) is 1. The first-order valence-corrected chi connectivity index (χ1v) is 5.04. The van der Waals surface area contributed by atoms with Crippen molar-refractivity contribution in [3.63, 3.8) is 0 Å². The number of aromatic nitrogens is 1. The number of carbonyl (C=O) groups is 1. The highest BCUT2D eigenvalue weighted by atomic mass is 32.1. The molecule has 1 rings (SSSR count). The van der Waals surface area contributed by atoms with Crippen molar-refractivity contribution in [2.45, 2.75) is 13.3 Å². The number of hydrogen-bond acceptors (Lipinski definition) is 3. The standard InChI is InChI=1S/C8H13N3OS/c1-3-4-9-7(12)11(2)8-10-5-6-13-8/h5-6H,3-4H2,1-2H3,(H,9,12). The molecule has 0 aliphatic carbocycles. The van der Waals surface area contributed by atoms with Crippen LogP contribution < -0.4 is 10.2 Å². The van der Waals surface area contributed by atoms with E-state index in [0.29, 0.717) is 11.7 Å². The predicted octanol–water partition coefficient (Wildman–Crippen LogP) is 1.70. The van der Waals surface area contributed by atoms with Gasteiger partial charge in [0.25, 0.3) is 0 Å². The Labute approximate surface area is 81.6 Å². The summed E-state index contributed by atoms with van der Waals surface area (Å²) >= 11 is 1.45. The van der Waals surface area contributed by atoms with Crippen molar-refractivity contribution in [1.82, 2.24) is 10.3 Å². The molecule has 4 nitrogen and oxygen atoms in total. The number of carbonyl (C=O) groups excluding carboxylic acids is 1. The Kier molecular flexibility index (Phi) is 3.70. The molecule has 0 radical (unpaired) electrons. The van der Waals surface area contributed by atoms with Crippen molar-refractivity contribution < 1.29 is 4.79 Å². The molecule has 1 N–H and O–H groups in total. The van der Waals surface area contributed by atoms with Crippen LogP contribution in [0.3, 0.4) is 0 Å². The quantitative estimate of drug-likeness (QED) is 0.805. The van der Waals surface area contributed by atoms with Crippen LogP contribution >= 0.6 is 11.3 Å². The Hall–Kier alpha value is -1.10. The van der Waals surface area contributed by atoms with E-state index >= 15 is 0 Å². The van der Waals surface area contributed by atoms with Crippen molar-refractivity contribution in [2.75, 3.05) is 18.5 Å². The van der Waals surface area contributed by atoms with Crippen molar-refractivity contribution >= 4 is 22.5 Å². The summed E-state index contributed by atoms with van der Waals surface area (Å²) in [6, 6.07) is -0.100. The largest absolute Gasteiger partial charge is 0.338 e. The molecule has 0 saturated carbocycles. The Morgan fingerprint density at radius 1 is 1.77 bits per heavy atom. The lowest BCUT2D eigenvalue weighted by molar-refractivity contribution is 0.247. The summed E-state index contributed by atoms with van der Waals surface area (Å²) in [6.07, 6.45) is 2.63. The topological polar surface area (TPSA) is 45.2 Å². The van der Waals surface area contributed by atoms with Crippen LogP contribution in [0, 0.1) is 0 Å². The second-order valence-electron chi connectivity index (χ2n) is 2.61. The number of urea groups is 1. The van der Waals surface area contributed by atoms with Crippen LogP contribution in [0.1, 0.15) is 13.3 Å². The SMILES string of the molecule is CCCNC(=O)N(C)c1nccs1. The van der Waals surface area contributed by atoms with E-state index in [9.17, 15) is 4.79 Å². The van der Waals surface area contributed by atoms with E-state index in [4.69, 9.17) is 0 Å². The maximum absolute atomic E-state index is 11.4. The smallest absolute Gasteiger partial charge is 0.323 e. The van der Waals surface area contributed by atoms with Gasteiger partial charge in [-0.05, 0) is 6.42 Å². The zero-order chi connectivity index (χ0) is 9.68. The molecule has 0 spiro atoms. The average Bonchev–Trinajstić information content (AvgIpc) is 2.65. The minimum atomic E-state index is -0.100. The maximum Gasteiger partial charge on any atom is 0.323 e. The van der Waals surface area contributed by atoms with Gasteiger partial charge in [-0.15, -0.1) is 11.3 Å². The summed E-state index contributed by atoms with van der Waals surface area (Å²) in [6.45, 7) is 2.72. The van der Waals surface area contributed by atoms with Gasteiger partial charge >= 0.3 is 6.03 Å². The maximum atomic E-state index is 11.4. The van der Waals surface area contributed by atoms with E-state index in [1.165, 1.54) is 16.2 Å². The van der Waals surface area contributed by atoms with Gasteiger partial charge in [-0.25, -0.2) is 9.78 Å². The Balaban J connectivity index is 2.48. The number of amides is 2. The first kappa shape index (κ1) is 9.98. The van der Waals surface area contributed by atoms with Gasteiger partial charge in [0.15, 0.2) is 5.13 Å². The van der Waals surface area contributed by atoms with Gasteiger partial charge in [0.2, 0.25) is 0 Å². The fourth-order valence-electron chi connectivity index (χ4n) is 0.819. The van der Waals surface area contributed by atoms with E-state index in [0.717, 1.165) is 6.42 Å². The van der Waals surface area contributed by atoms with Crippen molar-refractivity contribution in [3.8, 4) is 0 Å². The molecule has 72 valence electrons. The highest BCUT2D eigenvalue weighted by Gasteiger charge is 2.10. The molecule has 1 aromatic heterocycles. The lowest BCUT2D eigenvalue weighted by atomic mass is 10.5. The van der Waals surface area contributed by atoms with E-state index in [1.54, 1.807) is 13.2 Å². The van der Waals surface area contributed by atoms with Gasteiger partial charge in [-0.1, -0.05) is 6.92 Å². The summed E-state index contributed by atoms with van der Waals surface area (Å²) < 4.78 is 0. The minimum Gasteiger partial charge on any atom is -0.338 e. The predicted molar refractivity (Wildman–Crippen MR) is 54.2 cm³/mol. The van der Waals surface area contributed by atoms with E-state index in [1.807, 2.05) is 12.3 Å². The third-order valence-electron chi connectivity index (χ3n) is 1.54. The number of thiazole rings is 1. The lowest BCUT2D eigenvalue weighted by Gasteiger charge is -2.13. The number of nitrogens with one attached hydrogen (secondary N) is 1. The highest BCUT2D eigenvalue weighted by molar-refractivity contribution is 7.13. The summed E-state index contributed by atoms with van der Waals surface area (Å²) in [7, 11) is 1.71. The molecular weight excluding hydrogens is 186 g/mol. The molecule has 5 heteroatoms. The fraction of sp³-hybridized carbons (Fsp3) is 0.500. The lowest BCUT2D eigenvalue weighted by Crippen LogP contribution is -2.37. The molecule has 1 aromatic rings. The van der Waals surface area contributed by atoms with Gasteiger partial charge in [-0.3, -0.25) is 4.90 Å². The van der Waals surface area contributed by atoms with Crippen molar-refractivity contribution in [2.24, 2.45) is 0 Å². The second kappa shape index (κ2) is 4.81. The zero-order valence-electron chi connectivity index (χ0n) is 7.78. The molecule has 1 heterocycles. The van der Waals surface area contributed by atoms with Gasteiger partial charge in [0.1, 0.15) is 0 Å². The summed E-state index contributed by atoms with van der Waals surface area (Å²) in [5.41, 5.74) is 0. The number of rotatable bonds is 3. The van der Waals surface area contributed by atoms with Crippen LogP contribution in [0.25, 0.3) is 0 Å². The first-order chi connectivity index (χ1) is 6.25. The first-order valence-electron chi connectivity index (χ1n) is 4.16. The van der Waals surface area contributed by atoms with Crippen LogP contribution in [0.4, 0.5) is 9.93 Å². The summed E-state index contributed by atoms with van der Waals surface area (Å²) in [5, 5.41) is 5.34. The zero-order valence-corrected chi connectivity index (χ0v) is 8.60. The molecule has 0 saturated heterocycles. The molecule has 0 unspecified atom stereocenters. The van der Waals surface area contributed by atoms with E-state index in [2.05, 4.69) is 10.3 Å². The van der Waals surface area contributed by atoms with E-state index in [-0.39, 0.29) is 6.03 Å². The van der Waals surface area contributed by atoms with Crippen molar-refractivity contribution in [3.05, 3.63) is 11.6 Å². The molecule has 0 fully saturated rings.